The summed E-state index contributed by atoms with van der Waals surface area (Å²) in [4.78, 5) is 0. The van der Waals surface area contributed by atoms with Crippen LogP contribution in [0.1, 0.15) is 22.3 Å². The van der Waals surface area contributed by atoms with Gasteiger partial charge in [0.05, 0.1) is 0 Å². The van der Waals surface area contributed by atoms with Gasteiger partial charge in [-0.15, -0.1) is 0 Å². The molecule has 0 amide bonds. The Morgan fingerprint density at radius 3 is 0.881 bits per heavy atom. The lowest BCUT2D eigenvalue weighted by Gasteiger charge is -2.24. The lowest BCUT2D eigenvalue weighted by molar-refractivity contribution is 0.685. The molecule has 4 rings (SSSR count). The van der Waals surface area contributed by atoms with Crippen molar-refractivity contribution in [2.75, 3.05) is 48.5 Å². The van der Waals surface area contributed by atoms with E-state index in [1.165, 1.54) is 22.3 Å². The minimum Gasteiger partial charge on any atom is -0.260 e. The number of hydrogen-bond acceptors (Lipinski definition) is 3. The van der Waals surface area contributed by atoms with Gasteiger partial charge in [-0.1, -0.05) is 145 Å². The van der Waals surface area contributed by atoms with E-state index in [-0.39, 0.29) is 0 Å². The molecule has 0 saturated carbocycles. The number of hydrogen-bond donors (Lipinski definition) is 0. The second-order valence-electron chi connectivity index (χ2n) is 11.2. The quantitative estimate of drug-likeness (QED) is 0.100. The van der Waals surface area contributed by atoms with Crippen molar-refractivity contribution < 1.29 is 4.21 Å². The van der Waals surface area contributed by atoms with Crippen molar-refractivity contribution in [3.63, 3.8) is 0 Å². The van der Waals surface area contributed by atoms with Crippen molar-refractivity contribution in [2.45, 2.75) is 25.7 Å². The Balaban J connectivity index is 1.35. The van der Waals surface area contributed by atoms with Crippen LogP contribution < -0.4 is 0 Å². The zero-order chi connectivity index (χ0) is 29.5. The van der Waals surface area contributed by atoms with Crippen LogP contribution >= 0.6 is 12.1 Å². The van der Waals surface area contributed by atoms with Crippen LogP contribution in [-0.4, -0.2) is 52.7 Å². The van der Waals surface area contributed by atoms with Gasteiger partial charge in [-0.2, -0.15) is 0 Å². The van der Waals surface area contributed by atoms with Gasteiger partial charge in [0.2, 0.25) is 0 Å². The summed E-state index contributed by atoms with van der Waals surface area (Å²) in [6, 6.07) is 39.5. The van der Waals surface area contributed by atoms with Crippen LogP contribution in [0.3, 0.4) is 0 Å². The molecule has 1 nitrogen and oxygen atoms in total. The minimum atomic E-state index is -1.65. The molecule has 0 heterocycles. The summed E-state index contributed by atoms with van der Waals surface area (Å²) in [6.07, 6.45) is 10.1. The Morgan fingerprint density at radius 2 is 0.643 bits per heavy atom. The molecule has 0 unspecified atom stereocenters. The van der Waals surface area contributed by atoms with Crippen LogP contribution in [0.4, 0.5) is 0 Å². The highest BCUT2D eigenvalue weighted by Crippen LogP contribution is 2.48. The van der Waals surface area contributed by atoms with Crippen LogP contribution in [0.2, 0.25) is 0 Å². The monoisotopic (exact) mass is 650 g/mol. The van der Waals surface area contributed by atoms with Gasteiger partial charge in [0, 0.05) is 22.3 Å². The minimum absolute atomic E-state index is 0.716. The highest BCUT2D eigenvalue weighted by atomic mass is 32.4. The molecule has 0 bridgehead atoms. The molecule has 0 N–H and O–H groups in total. The molecule has 0 aliphatic carbocycles. The molecular formula is C36H44OP2S3. The van der Waals surface area contributed by atoms with Gasteiger partial charge in [-0.05, 0) is 97.0 Å². The summed E-state index contributed by atoms with van der Waals surface area (Å²) in [7, 11) is -0.883. The molecule has 6 heteroatoms. The van der Waals surface area contributed by atoms with Crippen LogP contribution in [-0.2, 0) is 60.1 Å². The number of benzene rings is 4. The van der Waals surface area contributed by atoms with Crippen LogP contribution in [0.25, 0.3) is 0 Å². The molecule has 0 aromatic heterocycles. The standard InChI is InChI=1S/C36H44OP2S3/c37-42(31-29-38(40,25-21-33-13-5-1-6-14-33)26-22-34-15-7-2-8-16-34)32-30-39(41,27-23-35-17-9-3-10-18-35)28-24-36-19-11-4-12-20-36/h1-20H,21-32H2. The van der Waals surface area contributed by atoms with Crippen molar-refractivity contribution in [3.05, 3.63) is 144 Å². The number of aryl methyl sites for hydroxylation is 4. The summed E-state index contributed by atoms with van der Waals surface area (Å²) in [5.41, 5.74) is 5.41. The third-order valence-electron chi connectivity index (χ3n) is 8.06. The molecule has 4 aromatic rings. The molecule has 0 aliphatic heterocycles. The van der Waals surface area contributed by atoms with Gasteiger partial charge < -0.3 is 0 Å². The van der Waals surface area contributed by atoms with E-state index in [9.17, 15) is 4.21 Å². The lowest BCUT2D eigenvalue weighted by Crippen LogP contribution is -2.15. The van der Waals surface area contributed by atoms with Gasteiger partial charge >= 0.3 is 0 Å². The van der Waals surface area contributed by atoms with Gasteiger partial charge in [0.15, 0.2) is 0 Å². The van der Waals surface area contributed by atoms with E-state index < -0.39 is 22.9 Å². The first-order valence-corrected chi connectivity index (χ1v) is 23.3. The maximum absolute atomic E-state index is 13.5. The molecule has 222 valence electrons. The van der Waals surface area contributed by atoms with Crippen LogP contribution in [0.15, 0.2) is 121 Å². The first kappa shape index (κ1) is 33.2. The molecule has 42 heavy (non-hydrogen) atoms. The van der Waals surface area contributed by atoms with E-state index in [2.05, 4.69) is 121 Å². The summed E-state index contributed by atoms with van der Waals surface area (Å²) in [5, 5.41) is 0. The van der Waals surface area contributed by atoms with E-state index in [0.717, 1.165) is 62.7 Å². The van der Waals surface area contributed by atoms with Crippen LogP contribution in [0.5, 0.6) is 0 Å². The van der Waals surface area contributed by atoms with Crippen LogP contribution in [0, 0.1) is 0 Å². The Kier molecular flexibility index (Phi) is 13.9. The zero-order valence-corrected chi connectivity index (χ0v) is 28.8. The molecule has 0 spiro atoms. The average molecular weight is 651 g/mol. The van der Waals surface area contributed by atoms with Crippen molar-refractivity contribution in [2.24, 2.45) is 0 Å². The van der Waals surface area contributed by atoms with E-state index in [0.29, 0.717) is 11.5 Å². The highest BCUT2D eigenvalue weighted by molar-refractivity contribution is 8.15. The predicted molar refractivity (Wildman–Crippen MR) is 196 cm³/mol. The first-order valence-electron chi connectivity index (χ1n) is 15.1. The Bertz CT molecular complexity index is 1240. The Hall–Kier alpha value is -1.67. The molecular weight excluding hydrogens is 607 g/mol. The largest absolute Gasteiger partial charge is 0.260 e. The van der Waals surface area contributed by atoms with E-state index in [4.69, 9.17) is 23.6 Å². The summed E-state index contributed by atoms with van der Waals surface area (Å²) in [5.74, 6) is 1.43. The van der Waals surface area contributed by atoms with Crippen molar-refractivity contribution >= 4 is 46.5 Å². The Morgan fingerprint density at radius 1 is 0.405 bits per heavy atom. The molecule has 0 fully saturated rings. The van der Waals surface area contributed by atoms with E-state index >= 15 is 0 Å². The highest BCUT2D eigenvalue weighted by Gasteiger charge is 2.22. The van der Waals surface area contributed by atoms with Gasteiger partial charge in [0.25, 0.3) is 0 Å². The SMILES string of the molecule is O=S(CCP(=S)(CCc1ccccc1)CCc1ccccc1)CCP(=S)(CCc1ccccc1)CCc1ccccc1. The van der Waals surface area contributed by atoms with Crippen molar-refractivity contribution in [1.82, 2.24) is 0 Å². The van der Waals surface area contributed by atoms with Crippen molar-refractivity contribution in [1.29, 1.82) is 0 Å². The maximum Gasteiger partial charge on any atom is 0.0281 e. The molecule has 0 saturated heterocycles. The normalized spacial score (nSPS) is 12.0. The third kappa shape index (κ3) is 12.1. The fourth-order valence-corrected chi connectivity index (χ4v) is 16.2. The number of rotatable bonds is 18. The van der Waals surface area contributed by atoms with Gasteiger partial charge in [-0.25, -0.2) is 0 Å². The maximum atomic E-state index is 13.5. The summed E-state index contributed by atoms with van der Waals surface area (Å²) >= 11 is 12.9. The lowest BCUT2D eigenvalue weighted by atomic mass is 10.2. The fraction of sp³-hybridized carbons (Fsp3) is 0.333. The van der Waals surface area contributed by atoms with Gasteiger partial charge in [-0.3, -0.25) is 4.21 Å². The topological polar surface area (TPSA) is 17.1 Å². The zero-order valence-electron chi connectivity index (χ0n) is 24.6. The summed E-state index contributed by atoms with van der Waals surface area (Å²) in [6.45, 7) is 0. The predicted octanol–water partition coefficient (Wildman–Crippen LogP) is 8.66. The smallest absolute Gasteiger partial charge is 0.0281 e. The first-order chi connectivity index (χ1) is 20.4. The molecule has 0 atom stereocenters. The molecule has 0 aliphatic rings. The van der Waals surface area contributed by atoms with E-state index in [1.807, 2.05) is 0 Å². The fourth-order valence-electron chi connectivity index (χ4n) is 5.22. The van der Waals surface area contributed by atoms with Gasteiger partial charge in [0.1, 0.15) is 0 Å². The molecule has 4 aromatic carbocycles. The van der Waals surface area contributed by atoms with Crippen molar-refractivity contribution in [3.8, 4) is 0 Å². The average Bonchev–Trinajstić information content (AvgIpc) is 3.05. The second kappa shape index (κ2) is 17.6. The molecule has 0 radical (unpaired) electrons. The summed E-state index contributed by atoms with van der Waals surface area (Å²) < 4.78 is 13.5. The van der Waals surface area contributed by atoms with E-state index in [1.54, 1.807) is 0 Å². The third-order valence-corrected chi connectivity index (χ3v) is 19.5. The second-order valence-corrected chi connectivity index (χ2v) is 24.5. The Labute approximate surface area is 267 Å².